The van der Waals surface area contributed by atoms with Gasteiger partial charge in [0, 0.05) is 53.9 Å². The molecule has 8 nitrogen and oxygen atoms in total. The molecule has 1 unspecified atom stereocenters. The van der Waals surface area contributed by atoms with Crippen LogP contribution in [-0.2, 0) is 20.0 Å². The van der Waals surface area contributed by atoms with Gasteiger partial charge in [0.2, 0.25) is 0 Å². The number of halogens is 2. The van der Waals surface area contributed by atoms with E-state index in [1.165, 1.54) is 11.8 Å². The second kappa shape index (κ2) is 11.7. The number of thioether (sulfide) groups is 1. The third-order valence-corrected chi connectivity index (χ3v) is 10.5. The summed E-state index contributed by atoms with van der Waals surface area (Å²) in [6.07, 6.45) is 2.12. The number of aromatic nitrogens is 3. The first-order valence-corrected chi connectivity index (χ1v) is 16.2. The van der Waals surface area contributed by atoms with Crippen molar-refractivity contribution in [2.75, 3.05) is 19.7 Å². The van der Waals surface area contributed by atoms with Gasteiger partial charge in [-0.2, -0.15) is 5.10 Å². The summed E-state index contributed by atoms with van der Waals surface area (Å²) in [7, 11) is 1.93. The second-order valence-corrected chi connectivity index (χ2v) is 13.3. The maximum atomic E-state index is 14.4. The number of nitrogens with zero attached hydrogens (tertiary/aromatic N) is 4. The summed E-state index contributed by atoms with van der Waals surface area (Å²) >= 11 is 14.5. The summed E-state index contributed by atoms with van der Waals surface area (Å²) in [5.74, 6) is 0.735. The lowest BCUT2D eigenvalue weighted by Crippen LogP contribution is -2.40. The van der Waals surface area contributed by atoms with Gasteiger partial charge >= 0.3 is 0 Å². The first-order chi connectivity index (χ1) is 20.6. The molecule has 6 rings (SSSR count). The number of nitrogens with one attached hydrogen (secondary N) is 1. The number of aryl methyl sites for hydroxylation is 6. The molecule has 0 spiro atoms. The first-order valence-electron chi connectivity index (χ1n) is 14.6. The maximum absolute atomic E-state index is 14.4. The van der Waals surface area contributed by atoms with E-state index in [0.29, 0.717) is 49.8 Å². The van der Waals surface area contributed by atoms with Crippen LogP contribution in [0.25, 0.3) is 22.0 Å². The Balaban J connectivity index is 1.44. The summed E-state index contributed by atoms with van der Waals surface area (Å²) < 4.78 is 10.2. The molecule has 11 heteroatoms. The molecule has 1 saturated heterocycles. The van der Waals surface area contributed by atoms with Crippen molar-refractivity contribution in [3.63, 3.8) is 0 Å². The van der Waals surface area contributed by atoms with Gasteiger partial charge in [0.1, 0.15) is 16.8 Å². The summed E-state index contributed by atoms with van der Waals surface area (Å²) in [6.45, 7) is 10.2. The van der Waals surface area contributed by atoms with E-state index in [-0.39, 0.29) is 16.5 Å². The van der Waals surface area contributed by atoms with Crippen molar-refractivity contribution >= 4 is 57.0 Å². The number of carbonyl (C=O) groups excluding carboxylic acids is 2. The van der Waals surface area contributed by atoms with E-state index in [0.717, 1.165) is 67.3 Å². The minimum Gasteiger partial charge on any atom is -0.494 e. The minimum atomic E-state index is -0.233. The number of carbonyl (C=O) groups is 2. The third-order valence-electron chi connectivity index (χ3n) is 8.54. The number of fused-ring (bicyclic) bond motifs is 3. The van der Waals surface area contributed by atoms with Gasteiger partial charge in [0.05, 0.1) is 22.8 Å². The van der Waals surface area contributed by atoms with Crippen molar-refractivity contribution < 1.29 is 14.3 Å². The molecule has 4 heterocycles. The van der Waals surface area contributed by atoms with Crippen LogP contribution in [0.3, 0.4) is 0 Å². The van der Waals surface area contributed by atoms with Crippen molar-refractivity contribution in [1.82, 2.24) is 24.6 Å². The average Bonchev–Trinajstić information content (AvgIpc) is 3.56. The van der Waals surface area contributed by atoms with Gasteiger partial charge in [0.25, 0.3) is 11.1 Å². The van der Waals surface area contributed by atoms with Gasteiger partial charge in [-0.1, -0.05) is 29.3 Å². The third kappa shape index (κ3) is 5.29. The van der Waals surface area contributed by atoms with Crippen LogP contribution >= 0.6 is 35.0 Å². The van der Waals surface area contributed by atoms with Crippen LogP contribution in [0.15, 0.2) is 24.3 Å². The molecule has 0 bridgehead atoms. The Morgan fingerprint density at radius 3 is 2.47 bits per heavy atom. The van der Waals surface area contributed by atoms with E-state index in [1.807, 2.05) is 68.6 Å². The predicted molar refractivity (Wildman–Crippen MR) is 174 cm³/mol. The fourth-order valence-corrected chi connectivity index (χ4v) is 7.74. The molecular formula is C32H35Cl2N5O3S. The molecule has 43 heavy (non-hydrogen) atoms. The lowest BCUT2D eigenvalue weighted by molar-refractivity contribution is 0.0743. The molecule has 226 valence electrons. The molecule has 1 N–H and O–H groups in total. The molecule has 4 aromatic rings. The van der Waals surface area contributed by atoms with Crippen LogP contribution in [0.1, 0.15) is 51.4 Å². The Morgan fingerprint density at radius 1 is 1.07 bits per heavy atom. The molecule has 1 atom stereocenters. The monoisotopic (exact) mass is 639 g/mol. The molecule has 2 aliphatic heterocycles. The maximum Gasteiger partial charge on any atom is 0.281 e. The zero-order valence-corrected chi connectivity index (χ0v) is 27.3. The summed E-state index contributed by atoms with van der Waals surface area (Å²) in [4.78, 5) is 28.3. The molecule has 1 fully saturated rings. The Bertz CT molecular complexity index is 1760. The molecule has 0 radical (unpaired) electrons. The van der Waals surface area contributed by atoms with Gasteiger partial charge in [-0.3, -0.25) is 14.3 Å². The number of amides is 2. The van der Waals surface area contributed by atoms with Crippen molar-refractivity contribution in [2.45, 2.75) is 58.9 Å². The second-order valence-electron chi connectivity index (χ2n) is 11.4. The first kappa shape index (κ1) is 29.9. The van der Waals surface area contributed by atoms with Crippen LogP contribution in [0.4, 0.5) is 4.79 Å². The molecule has 0 saturated carbocycles. The van der Waals surface area contributed by atoms with Crippen LogP contribution in [-0.4, -0.2) is 55.5 Å². The smallest absolute Gasteiger partial charge is 0.281 e. The largest absolute Gasteiger partial charge is 0.494 e. The topological polar surface area (TPSA) is 81.4 Å². The van der Waals surface area contributed by atoms with Crippen LogP contribution in [0.5, 0.6) is 5.75 Å². The highest BCUT2D eigenvalue weighted by Crippen LogP contribution is 2.43. The lowest BCUT2D eigenvalue weighted by atomic mass is 9.98. The highest BCUT2D eigenvalue weighted by Gasteiger charge is 2.37. The normalized spacial score (nSPS) is 17.0. The standard InChI is InChI=1S/C32H35Cl2N5O3S/c1-17-14-21(15-18(2)28(17)34)42-13-6-8-22-23-9-10-24(33)27(26-19(3)36-37(5)20(26)4)29(23)39-12-7-11-38(31(40)30(22)39)25-16-35-32(41)43-25/h9-10,14-15,25H,6-8,11-13,16H2,1-5H3,(H,35,41). The SMILES string of the molecule is Cc1cc(OCCCc2c3n(c4c(-c5c(C)nn(C)c5C)c(Cl)ccc24)CCCN(C2CNC(=O)S2)C3=O)cc(C)c1Cl. The van der Waals surface area contributed by atoms with E-state index in [1.54, 1.807) is 0 Å². The summed E-state index contributed by atoms with van der Waals surface area (Å²) in [6, 6.07) is 7.89. The van der Waals surface area contributed by atoms with Gasteiger partial charge < -0.3 is 19.5 Å². The molecule has 2 amide bonds. The van der Waals surface area contributed by atoms with Crippen molar-refractivity contribution in [3.05, 3.63) is 68.1 Å². The van der Waals surface area contributed by atoms with Crippen LogP contribution in [0.2, 0.25) is 10.0 Å². The van der Waals surface area contributed by atoms with Crippen molar-refractivity contribution in [2.24, 2.45) is 7.05 Å². The Hall–Kier alpha value is -3.14. The lowest BCUT2D eigenvalue weighted by Gasteiger charge is -2.25. The number of benzene rings is 2. The summed E-state index contributed by atoms with van der Waals surface area (Å²) in [5, 5.41) is 9.61. The Morgan fingerprint density at radius 2 is 1.81 bits per heavy atom. The molecule has 2 aromatic carbocycles. The zero-order valence-electron chi connectivity index (χ0n) is 25.0. The van der Waals surface area contributed by atoms with Crippen LogP contribution in [0, 0.1) is 27.7 Å². The number of hydrogen-bond acceptors (Lipinski definition) is 5. The molecular weight excluding hydrogens is 605 g/mol. The molecule has 2 aliphatic rings. The van der Waals surface area contributed by atoms with Crippen molar-refractivity contribution in [1.29, 1.82) is 0 Å². The Kier molecular flexibility index (Phi) is 8.17. The number of hydrogen-bond donors (Lipinski definition) is 1. The fraction of sp³-hybridized carbons (Fsp3) is 0.406. The van der Waals surface area contributed by atoms with E-state index < -0.39 is 0 Å². The van der Waals surface area contributed by atoms with E-state index >= 15 is 0 Å². The summed E-state index contributed by atoms with van der Waals surface area (Å²) in [5.41, 5.74) is 8.39. The fourth-order valence-electron chi connectivity index (χ4n) is 6.48. The Labute approximate surface area is 265 Å². The van der Waals surface area contributed by atoms with E-state index in [2.05, 4.69) is 15.0 Å². The average molecular weight is 641 g/mol. The van der Waals surface area contributed by atoms with Gasteiger partial charge in [-0.05, 0) is 93.6 Å². The van der Waals surface area contributed by atoms with Gasteiger partial charge in [0.15, 0.2) is 0 Å². The van der Waals surface area contributed by atoms with Crippen LogP contribution < -0.4 is 10.1 Å². The van der Waals surface area contributed by atoms with E-state index in [4.69, 9.17) is 27.9 Å². The minimum absolute atomic E-state index is 0.0516. The van der Waals surface area contributed by atoms with Crippen molar-refractivity contribution in [3.8, 4) is 16.9 Å². The van der Waals surface area contributed by atoms with Gasteiger partial charge in [-0.15, -0.1) is 0 Å². The predicted octanol–water partition coefficient (Wildman–Crippen LogP) is 7.22. The highest BCUT2D eigenvalue weighted by atomic mass is 35.5. The molecule has 0 aliphatic carbocycles. The number of rotatable bonds is 7. The quantitative estimate of drug-likeness (QED) is 0.216. The highest BCUT2D eigenvalue weighted by molar-refractivity contribution is 8.14. The zero-order chi connectivity index (χ0) is 30.6. The number of ether oxygens (including phenoxy) is 1. The molecule has 2 aromatic heterocycles. The van der Waals surface area contributed by atoms with E-state index in [9.17, 15) is 9.59 Å². The van der Waals surface area contributed by atoms with Gasteiger partial charge in [-0.25, -0.2) is 0 Å².